The van der Waals surface area contributed by atoms with Crippen LogP contribution >= 0.6 is 11.9 Å². The van der Waals surface area contributed by atoms with Crippen LogP contribution in [-0.2, 0) is 10.2 Å². The molecule has 0 spiro atoms. The largest absolute Gasteiger partial charge is 0.401 e. The molecule has 0 unspecified atom stereocenters. The molecule has 2 aliphatic rings. The predicted molar refractivity (Wildman–Crippen MR) is 143 cm³/mol. The van der Waals surface area contributed by atoms with Gasteiger partial charge in [0, 0.05) is 30.2 Å². The van der Waals surface area contributed by atoms with Crippen LogP contribution in [-0.4, -0.2) is 36.5 Å². The predicted octanol–water partition coefficient (Wildman–Crippen LogP) is 4.91. The number of nitrogens with one attached hydrogen (secondary N) is 1. The second kappa shape index (κ2) is 11.0. The molecule has 34 heavy (non-hydrogen) atoms. The fourth-order valence-electron chi connectivity index (χ4n) is 5.88. The van der Waals surface area contributed by atoms with E-state index in [1.807, 2.05) is 0 Å². The number of piperidine rings is 1. The fourth-order valence-corrected chi connectivity index (χ4v) is 6.23. The summed E-state index contributed by atoms with van der Waals surface area (Å²) in [5.41, 5.74) is 12.2. The minimum atomic E-state index is -0.145. The van der Waals surface area contributed by atoms with Crippen molar-refractivity contribution in [3.63, 3.8) is 0 Å². The van der Waals surface area contributed by atoms with Crippen molar-refractivity contribution in [1.29, 1.82) is 0 Å². The maximum atomic E-state index is 12.4. The number of hydrogen-bond donors (Lipinski definition) is 3. The monoisotopic (exact) mass is 478 g/mol. The Bertz CT molecular complexity index is 993. The van der Waals surface area contributed by atoms with E-state index in [0.717, 1.165) is 50.8 Å². The SMILES string of the molecule is CCC1(CCCCN2CCC(NC(=O)/C(SN)=C(\C)N)CC2)c2ccccc2-c2ccccc21. The number of nitrogens with two attached hydrogens (primary N) is 2. The van der Waals surface area contributed by atoms with Crippen molar-refractivity contribution in [1.82, 2.24) is 10.2 Å². The number of amides is 1. The molecule has 0 bridgehead atoms. The third kappa shape index (κ3) is 4.90. The Morgan fingerprint density at radius 3 is 2.18 bits per heavy atom. The molecule has 182 valence electrons. The Balaban J connectivity index is 1.29. The van der Waals surface area contributed by atoms with Gasteiger partial charge in [-0.1, -0.05) is 61.9 Å². The maximum Gasteiger partial charge on any atom is 0.260 e. The lowest BCUT2D eigenvalue weighted by Gasteiger charge is -2.34. The van der Waals surface area contributed by atoms with Crippen molar-refractivity contribution in [2.24, 2.45) is 10.9 Å². The second-order valence-electron chi connectivity index (χ2n) is 9.70. The van der Waals surface area contributed by atoms with Crippen LogP contribution in [0.15, 0.2) is 59.1 Å². The highest BCUT2D eigenvalue weighted by Gasteiger charge is 2.40. The van der Waals surface area contributed by atoms with Crippen molar-refractivity contribution >= 4 is 17.9 Å². The van der Waals surface area contributed by atoms with Gasteiger partial charge in [-0.3, -0.25) is 9.93 Å². The number of fused-ring (bicyclic) bond motifs is 3. The number of carbonyl (C=O) groups is 1. The Kier molecular flexibility index (Phi) is 8.02. The van der Waals surface area contributed by atoms with Gasteiger partial charge in [-0.15, -0.1) is 0 Å². The first kappa shape index (κ1) is 24.8. The molecule has 0 saturated carbocycles. The summed E-state index contributed by atoms with van der Waals surface area (Å²) in [5, 5.41) is 8.70. The molecule has 0 atom stereocenters. The van der Waals surface area contributed by atoms with Gasteiger partial charge in [0.2, 0.25) is 0 Å². The summed E-state index contributed by atoms with van der Waals surface area (Å²) in [5.74, 6) is -0.145. The fraction of sp³-hybridized carbons (Fsp3) is 0.464. The number of allylic oxidation sites excluding steroid dienone is 1. The minimum Gasteiger partial charge on any atom is -0.401 e. The van der Waals surface area contributed by atoms with E-state index >= 15 is 0 Å². The molecule has 2 aromatic rings. The number of carbonyl (C=O) groups excluding carboxylic acids is 1. The molecule has 1 aliphatic carbocycles. The average Bonchev–Trinajstić information content (AvgIpc) is 3.13. The summed E-state index contributed by atoms with van der Waals surface area (Å²) in [7, 11) is 0. The van der Waals surface area contributed by atoms with Crippen LogP contribution in [0.2, 0.25) is 0 Å². The van der Waals surface area contributed by atoms with Crippen LogP contribution in [0.3, 0.4) is 0 Å². The zero-order valence-electron chi connectivity index (χ0n) is 20.5. The lowest BCUT2D eigenvalue weighted by molar-refractivity contribution is -0.117. The van der Waals surface area contributed by atoms with Gasteiger partial charge >= 0.3 is 0 Å². The van der Waals surface area contributed by atoms with Crippen LogP contribution in [0.5, 0.6) is 0 Å². The Hall–Kier alpha value is -2.28. The third-order valence-electron chi connectivity index (χ3n) is 7.71. The van der Waals surface area contributed by atoms with Crippen molar-refractivity contribution in [2.45, 2.75) is 63.8 Å². The van der Waals surface area contributed by atoms with Crippen molar-refractivity contribution in [3.05, 3.63) is 70.3 Å². The van der Waals surface area contributed by atoms with Gasteiger partial charge in [0.25, 0.3) is 5.91 Å². The number of rotatable bonds is 9. The molecule has 1 amide bonds. The molecule has 2 aromatic carbocycles. The molecule has 1 aliphatic heterocycles. The Morgan fingerprint density at radius 2 is 1.65 bits per heavy atom. The molecule has 5 N–H and O–H groups in total. The first-order chi connectivity index (χ1) is 16.5. The number of unbranched alkanes of at least 4 members (excludes halogenated alkanes) is 1. The van der Waals surface area contributed by atoms with Gasteiger partial charge in [0.05, 0.1) is 0 Å². The van der Waals surface area contributed by atoms with E-state index in [-0.39, 0.29) is 17.4 Å². The van der Waals surface area contributed by atoms with E-state index in [1.54, 1.807) is 6.92 Å². The van der Waals surface area contributed by atoms with E-state index < -0.39 is 0 Å². The lowest BCUT2D eigenvalue weighted by Crippen LogP contribution is -2.45. The van der Waals surface area contributed by atoms with Crippen LogP contribution in [0.4, 0.5) is 0 Å². The Morgan fingerprint density at radius 1 is 1.06 bits per heavy atom. The zero-order valence-corrected chi connectivity index (χ0v) is 21.3. The Labute approximate surface area is 208 Å². The number of nitrogens with zero attached hydrogens (tertiary/aromatic N) is 1. The van der Waals surface area contributed by atoms with Crippen molar-refractivity contribution < 1.29 is 4.79 Å². The summed E-state index contributed by atoms with van der Waals surface area (Å²) >= 11 is 0.924. The second-order valence-corrected chi connectivity index (χ2v) is 10.3. The topological polar surface area (TPSA) is 84.4 Å². The standard InChI is InChI=1S/C28H38N4OS/c1-3-28(24-12-6-4-10-22(24)23-11-5-7-13-25(23)28)16-8-9-17-32-18-14-21(15-19-32)31-27(33)26(34-30)20(2)29/h4-7,10-13,21H,3,8-9,14-19,29-30H2,1-2H3,(H,31,33)/b26-20-. The normalized spacial score (nSPS) is 18.2. The minimum absolute atomic E-state index is 0.137. The highest BCUT2D eigenvalue weighted by Crippen LogP contribution is 2.53. The summed E-state index contributed by atoms with van der Waals surface area (Å²) in [4.78, 5) is 15.3. The summed E-state index contributed by atoms with van der Waals surface area (Å²) in [6, 6.07) is 18.2. The maximum absolute atomic E-state index is 12.4. The van der Waals surface area contributed by atoms with E-state index in [2.05, 4.69) is 65.7 Å². The molecule has 5 nitrogen and oxygen atoms in total. The van der Waals surface area contributed by atoms with Crippen LogP contribution < -0.4 is 16.2 Å². The van der Waals surface area contributed by atoms with Crippen LogP contribution in [0.25, 0.3) is 11.1 Å². The molecular formula is C28H38N4OS. The molecule has 1 heterocycles. The summed E-state index contributed by atoms with van der Waals surface area (Å²) in [6.07, 6.45) is 6.67. The van der Waals surface area contributed by atoms with Gasteiger partial charge in [0.1, 0.15) is 4.91 Å². The summed E-state index contributed by atoms with van der Waals surface area (Å²) < 4.78 is 0. The van der Waals surface area contributed by atoms with Crippen LogP contribution in [0.1, 0.15) is 63.5 Å². The first-order valence-electron chi connectivity index (χ1n) is 12.6. The first-order valence-corrected chi connectivity index (χ1v) is 13.4. The molecule has 4 rings (SSSR count). The number of likely N-dealkylation sites (tertiary alicyclic amines) is 1. The molecule has 1 fully saturated rings. The van der Waals surface area contributed by atoms with Gasteiger partial charge < -0.3 is 16.0 Å². The van der Waals surface area contributed by atoms with Crippen LogP contribution in [0, 0.1) is 0 Å². The smallest absolute Gasteiger partial charge is 0.260 e. The van der Waals surface area contributed by atoms with E-state index in [1.165, 1.54) is 41.5 Å². The zero-order chi connectivity index (χ0) is 24.1. The van der Waals surface area contributed by atoms with E-state index in [9.17, 15) is 4.79 Å². The van der Waals surface area contributed by atoms with Gasteiger partial charge in [-0.2, -0.15) is 0 Å². The van der Waals surface area contributed by atoms with Gasteiger partial charge in [-0.05, 0) is 79.8 Å². The van der Waals surface area contributed by atoms with Crippen molar-refractivity contribution in [3.8, 4) is 11.1 Å². The molecule has 1 saturated heterocycles. The summed E-state index contributed by atoms with van der Waals surface area (Å²) in [6.45, 7) is 7.21. The van der Waals surface area contributed by atoms with Crippen molar-refractivity contribution in [2.75, 3.05) is 19.6 Å². The molecule has 0 aromatic heterocycles. The van der Waals surface area contributed by atoms with E-state index in [4.69, 9.17) is 10.9 Å². The number of hydrogen-bond acceptors (Lipinski definition) is 5. The average molecular weight is 479 g/mol. The highest BCUT2D eigenvalue weighted by molar-refractivity contribution is 8.01. The molecular weight excluding hydrogens is 440 g/mol. The number of benzene rings is 2. The molecule has 6 heteroatoms. The third-order valence-corrected chi connectivity index (χ3v) is 8.45. The lowest BCUT2D eigenvalue weighted by atomic mass is 9.72. The van der Waals surface area contributed by atoms with E-state index in [0.29, 0.717) is 10.6 Å². The van der Waals surface area contributed by atoms with Gasteiger partial charge in [0.15, 0.2) is 0 Å². The molecule has 0 radical (unpaired) electrons. The highest BCUT2D eigenvalue weighted by atomic mass is 32.2. The van der Waals surface area contributed by atoms with Gasteiger partial charge in [-0.25, -0.2) is 0 Å². The quantitative estimate of drug-likeness (QED) is 0.271.